The first-order valence-electron chi connectivity index (χ1n) is 19.0. The molecule has 0 saturated carbocycles. The van der Waals surface area contributed by atoms with E-state index in [0.29, 0.717) is 19.3 Å². The Morgan fingerprint density at radius 1 is 0.378 bits per heavy atom. The highest BCUT2D eigenvalue weighted by Gasteiger charge is 2.24. The molecule has 0 aromatic rings. The van der Waals surface area contributed by atoms with Gasteiger partial charge >= 0.3 is 11.9 Å². The van der Waals surface area contributed by atoms with Crippen molar-refractivity contribution < 1.29 is 35.1 Å². The van der Waals surface area contributed by atoms with E-state index < -0.39 is 17.4 Å². The number of aliphatic carboxylic acids is 2. The van der Waals surface area contributed by atoms with Gasteiger partial charge in [-0.2, -0.15) is 0 Å². The van der Waals surface area contributed by atoms with Gasteiger partial charge in [-0.3, -0.25) is 9.59 Å². The standard InChI is InChI=1S/2C16H32O2.C6H14O3/c2*1-2-3-4-5-6-7-8-9-10-11-12-13-14-15-16(17)18;1-2-6(3-7,4-8)5-9/h2*2-15H2,1H3,(H,17,18);7-9H,2-5H2,1H3. The van der Waals surface area contributed by atoms with Crippen molar-refractivity contribution in [3.63, 3.8) is 0 Å². The largest absolute Gasteiger partial charge is 0.481 e. The first-order chi connectivity index (χ1) is 21.8. The predicted octanol–water partition coefficient (Wildman–Crippen LogP) is 10.5. The molecule has 45 heavy (non-hydrogen) atoms. The minimum atomic E-state index is -0.667. The minimum Gasteiger partial charge on any atom is -0.481 e. The van der Waals surface area contributed by atoms with Crippen molar-refractivity contribution in [2.75, 3.05) is 19.8 Å². The topological polar surface area (TPSA) is 135 Å². The Morgan fingerprint density at radius 2 is 0.578 bits per heavy atom. The Bertz CT molecular complexity index is 521. The van der Waals surface area contributed by atoms with Crippen LogP contribution in [0.15, 0.2) is 0 Å². The van der Waals surface area contributed by atoms with E-state index >= 15 is 0 Å². The van der Waals surface area contributed by atoms with Gasteiger partial charge in [0.25, 0.3) is 0 Å². The Morgan fingerprint density at radius 3 is 0.711 bits per heavy atom. The molecule has 0 bridgehead atoms. The van der Waals surface area contributed by atoms with Crippen LogP contribution in [0.25, 0.3) is 0 Å². The van der Waals surface area contributed by atoms with E-state index in [9.17, 15) is 9.59 Å². The number of hydrogen-bond donors (Lipinski definition) is 5. The number of carbonyl (C=O) groups is 2. The van der Waals surface area contributed by atoms with Gasteiger partial charge in [0, 0.05) is 18.3 Å². The van der Waals surface area contributed by atoms with E-state index in [0.717, 1.165) is 25.7 Å². The Balaban J connectivity index is -0.000000622. The molecule has 0 saturated heterocycles. The van der Waals surface area contributed by atoms with E-state index in [4.69, 9.17) is 25.5 Å². The smallest absolute Gasteiger partial charge is 0.303 e. The maximum absolute atomic E-state index is 10.3. The van der Waals surface area contributed by atoms with Crippen molar-refractivity contribution in [2.45, 2.75) is 207 Å². The third-order valence-corrected chi connectivity index (χ3v) is 8.74. The van der Waals surface area contributed by atoms with Crippen LogP contribution in [-0.2, 0) is 9.59 Å². The highest BCUT2D eigenvalue weighted by atomic mass is 16.4. The van der Waals surface area contributed by atoms with Crippen LogP contribution in [-0.4, -0.2) is 57.3 Å². The van der Waals surface area contributed by atoms with E-state index in [-0.39, 0.29) is 19.8 Å². The molecule has 0 fully saturated rings. The Labute approximate surface area is 279 Å². The molecular formula is C38H78O7. The van der Waals surface area contributed by atoms with Crippen molar-refractivity contribution >= 4 is 11.9 Å². The summed E-state index contributed by atoms with van der Waals surface area (Å²) in [6.07, 6.45) is 35.1. The molecule has 0 radical (unpaired) electrons. The minimum absolute atomic E-state index is 0.156. The molecular weight excluding hydrogens is 568 g/mol. The fourth-order valence-corrected chi connectivity index (χ4v) is 5.07. The molecule has 0 spiro atoms. The summed E-state index contributed by atoms with van der Waals surface area (Å²) in [7, 11) is 0. The monoisotopic (exact) mass is 647 g/mol. The van der Waals surface area contributed by atoms with Crippen molar-refractivity contribution in [3.05, 3.63) is 0 Å². The molecule has 0 aliphatic rings. The van der Waals surface area contributed by atoms with E-state index in [1.807, 2.05) is 6.92 Å². The molecule has 5 N–H and O–H groups in total. The molecule has 0 aliphatic carbocycles. The van der Waals surface area contributed by atoms with Crippen LogP contribution in [0.2, 0.25) is 0 Å². The summed E-state index contributed by atoms with van der Waals surface area (Å²) in [5.41, 5.74) is -0.667. The van der Waals surface area contributed by atoms with Crippen LogP contribution >= 0.6 is 0 Å². The van der Waals surface area contributed by atoms with Crippen molar-refractivity contribution in [1.29, 1.82) is 0 Å². The number of aliphatic hydroxyl groups excluding tert-OH is 3. The molecule has 272 valence electrons. The molecule has 0 amide bonds. The normalized spacial score (nSPS) is 11.0. The quantitative estimate of drug-likeness (QED) is 0.0459. The number of aliphatic hydroxyl groups is 3. The molecule has 7 heteroatoms. The number of rotatable bonds is 32. The lowest BCUT2D eigenvalue weighted by molar-refractivity contribution is -0.138. The van der Waals surface area contributed by atoms with E-state index in [1.165, 1.54) is 141 Å². The summed E-state index contributed by atoms with van der Waals surface area (Å²) in [6.45, 7) is 5.87. The van der Waals surface area contributed by atoms with E-state index in [1.54, 1.807) is 0 Å². The summed E-state index contributed by atoms with van der Waals surface area (Å²) in [5.74, 6) is -1.31. The number of unbranched alkanes of at least 4 members (excludes halogenated alkanes) is 24. The first kappa shape index (κ1) is 48.2. The summed E-state index contributed by atoms with van der Waals surface area (Å²) >= 11 is 0. The summed E-state index contributed by atoms with van der Waals surface area (Å²) in [6, 6.07) is 0. The zero-order valence-corrected chi connectivity index (χ0v) is 30.2. The zero-order chi connectivity index (χ0) is 34.3. The van der Waals surface area contributed by atoms with Crippen LogP contribution in [0.5, 0.6) is 0 Å². The molecule has 0 aromatic carbocycles. The average Bonchev–Trinajstić information content (AvgIpc) is 3.03. The predicted molar refractivity (Wildman–Crippen MR) is 190 cm³/mol. The fourth-order valence-electron chi connectivity index (χ4n) is 5.07. The fraction of sp³-hybridized carbons (Fsp3) is 0.947. The van der Waals surface area contributed by atoms with Crippen LogP contribution in [0.4, 0.5) is 0 Å². The van der Waals surface area contributed by atoms with Gasteiger partial charge in [0.1, 0.15) is 0 Å². The van der Waals surface area contributed by atoms with Crippen molar-refractivity contribution in [1.82, 2.24) is 0 Å². The molecule has 0 aromatic heterocycles. The van der Waals surface area contributed by atoms with Gasteiger partial charge in [-0.25, -0.2) is 0 Å². The third kappa shape index (κ3) is 42.8. The summed E-state index contributed by atoms with van der Waals surface area (Å²) in [4.78, 5) is 20.6. The van der Waals surface area contributed by atoms with Crippen LogP contribution in [0, 0.1) is 5.41 Å². The lowest BCUT2D eigenvalue weighted by Crippen LogP contribution is -2.32. The maximum atomic E-state index is 10.3. The Hall–Kier alpha value is -1.18. The SMILES string of the molecule is CCC(CO)(CO)CO.CCCCCCCCCCCCCCCC(=O)O.CCCCCCCCCCCCCCCC(=O)O. The molecule has 0 atom stereocenters. The van der Waals surface area contributed by atoms with Crippen LogP contribution in [0.3, 0.4) is 0 Å². The third-order valence-electron chi connectivity index (χ3n) is 8.74. The second-order valence-electron chi connectivity index (χ2n) is 13.1. The molecule has 0 rings (SSSR count). The zero-order valence-electron chi connectivity index (χ0n) is 30.2. The van der Waals surface area contributed by atoms with Crippen LogP contribution in [0.1, 0.15) is 207 Å². The molecule has 0 aliphatic heterocycles. The Kier molecular flexibility index (Phi) is 43.8. The molecule has 7 nitrogen and oxygen atoms in total. The van der Waals surface area contributed by atoms with E-state index in [2.05, 4.69) is 13.8 Å². The lowest BCUT2D eigenvalue weighted by Gasteiger charge is -2.24. The van der Waals surface area contributed by atoms with Gasteiger partial charge in [0.05, 0.1) is 19.8 Å². The van der Waals surface area contributed by atoms with Gasteiger partial charge in [-0.1, -0.05) is 175 Å². The highest BCUT2D eigenvalue weighted by molar-refractivity contribution is 5.66. The van der Waals surface area contributed by atoms with Crippen molar-refractivity contribution in [2.24, 2.45) is 5.41 Å². The number of carboxylic acid groups (broad SMARTS) is 2. The van der Waals surface area contributed by atoms with Crippen molar-refractivity contribution in [3.8, 4) is 0 Å². The number of hydrogen-bond acceptors (Lipinski definition) is 5. The summed E-state index contributed by atoms with van der Waals surface area (Å²) < 4.78 is 0. The molecule has 0 heterocycles. The number of carboxylic acids is 2. The highest BCUT2D eigenvalue weighted by Crippen LogP contribution is 2.18. The summed E-state index contributed by atoms with van der Waals surface area (Å²) in [5, 5.41) is 43.0. The van der Waals surface area contributed by atoms with Gasteiger partial charge in [-0.15, -0.1) is 0 Å². The molecule has 0 unspecified atom stereocenters. The van der Waals surface area contributed by atoms with Gasteiger partial charge in [-0.05, 0) is 19.3 Å². The van der Waals surface area contributed by atoms with Crippen LogP contribution < -0.4 is 0 Å². The average molecular weight is 647 g/mol. The maximum Gasteiger partial charge on any atom is 0.303 e. The first-order valence-corrected chi connectivity index (χ1v) is 19.0. The van der Waals surface area contributed by atoms with Gasteiger partial charge < -0.3 is 25.5 Å². The van der Waals surface area contributed by atoms with Gasteiger partial charge in [0.2, 0.25) is 0 Å². The second kappa shape index (κ2) is 40.8. The lowest BCUT2D eigenvalue weighted by atomic mass is 9.88. The van der Waals surface area contributed by atoms with Gasteiger partial charge in [0.15, 0.2) is 0 Å². The second-order valence-corrected chi connectivity index (χ2v) is 13.1.